The van der Waals surface area contributed by atoms with Gasteiger partial charge >= 0.3 is 5.97 Å². The summed E-state index contributed by atoms with van der Waals surface area (Å²) in [4.78, 5) is 11.2. The molecule has 3 nitrogen and oxygen atoms in total. The van der Waals surface area contributed by atoms with E-state index in [1.165, 1.54) is 51.9 Å². The highest BCUT2D eigenvalue weighted by Crippen LogP contribution is 2.53. The average molecular weight is 310 g/mol. The Morgan fingerprint density at radius 1 is 1.05 bits per heavy atom. The summed E-state index contributed by atoms with van der Waals surface area (Å²) >= 11 is 0. The number of carbonyl (C=O) groups excluding carboxylic acids is 1. The minimum Gasteiger partial charge on any atom is -0.460 e. The zero-order chi connectivity index (χ0) is 16.2. The molecule has 0 amide bonds. The van der Waals surface area contributed by atoms with Gasteiger partial charge in [-0.3, -0.25) is 4.79 Å². The summed E-state index contributed by atoms with van der Waals surface area (Å²) in [6, 6.07) is 0. The van der Waals surface area contributed by atoms with Crippen LogP contribution in [0.5, 0.6) is 0 Å². The molecule has 2 saturated carbocycles. The molecule has 2 fully saturated rings. The van der Waals surface area contributed by atoms with Gasteiger partial charge in [0.25, 0.3) is 0 Å². The van der Waals surface area contributed by atoms with E-state index in [9.17, 15) is 9.90 Å². The fraction of sp³-hybridized carbons (Fsp3) is 0.947. The SMILES string of the molecule is CCC(CC)(C1CCCCC1)C1CCC(OC(C)=O)C(O)C1. The molecule has 0 aliphatic heterocycles. The minimum absolute atomic E-state index is 0.271. The van der Waals surface area contributed by atoms with E-state index in [2.05, 4.69) is 13.8 Å². The molecule has 0 radical (unpaired) electrons. The lowest BCUT2D eigenvalue weighted by atomic mass is 9.56. The number of rotatable bonds is 5. The molecule has 3 atom stereocenters. The van der Waals surface area contributed by atoms with Crippen LogP contribution in [0.1, 0.15) is 85.0 Å². The molecule has 0 heterocycles. The average Bonchev–Trinajstić information content (AvgIpc) is 2.52. The second-order valence-electron chi connectivity index (χ2n) is 7.50. The van der Waals surface area contributed by atoms with Gasteiger partial charge < -0.3 is 9.84 Å². The van der Waals surface area contributed by atoms with Crippen LogP contribution in [0.4, 0.5) is 0 Å². The van der Waals surface area contributed by atoms with Crippen molar-refractivity contribution in [3.63, 3.8) is 0 Å². The van der Waals surface area contributed by atoms with Crippen LogP contribution in [0.3, 0.4) is 0 Å². The molecule has 0 bridgehead atoms. The highest BCUT2D eigenvalue weighted by atomic mass is 16.6. The van der Waals surface area contributed by atoms with Gasteiger partial charge in [-0.05, 0) is 62.2 Å². The van der Waals surface area contributed by atoms with Gasteiger partial charge in [-0.25, -0.2) is 0 Å². The summed E-state index contributed by atoms with van der Waals surface area (Å²) in [6.45, 7) is 6.11. The predicted molar refractivity (Wildman–Crippen MR) is 88.5 cm³/mol. The van der Waals surface area contributed by atoms with Crippen LogP contribution in [0.15, 0.2) is 0 Å². The first-order valence-corrected chi connectivity index (χ1v) is 9.38. The van der Waals surface area contributed by atoms with Crippen LogP contribution in [0.25, 0.3) is 0 Å². The zero-order valence-electron chi connectivity index (χ0n) is 14.6. The van der Waals surface area contributed by atoms with Crippen molar-refractivity contribution in [3.8, 4) is 0 Å². The molecule has 22 heavy (non-hydrogen) atoms. The van der Waals surface area contributed by atoms with Crippen molar-refractivity contribution in [2.75, 3.05) is 0 Å². The molecule has 0 aromatic carbocycles. The van der Waals surface area contributed by atoms with Crippen LogP contribution in [0, 0.1) is 17.3 Å². The lowest BCUT2D eigenvalue weighted by Gasteiger charge is -2.50. The molecular formula is C19H34O3. The fourth-order valence-corrected chi connectivity index (χ4v) is 5.41. The molecule has 2 aliphatic rings. The predicted octanol–water partition coefficient (Wildman–Crippen LogP) is 4.47. The molecule has 3 heteroatoms. The number of aliphatic hydroxyl groups is 1. The summed E-state index contributed by atoms with van der Waals surface area (Å²) in [7, 11) is 0. The molecule has 1 N–H and O–H groups in total. The van der Waals surface area contributed by atoms with E-state index in [1.807, 2.05) is 0 Å². The second-order valence-corrected chi connectivity index (χ2v) is 7.50. The quantitative estimate of drug-likeness (QED) is 0.762. The van der Waals surface area contributed by atoms with Gasteiger partial charge in [0.2, 0.25) is 0 Å². The smallest absolute Gasteiger partial charge is 0.302 e. The largest absolute Gasteiger partial charge is 0.460 e. The van der Waals surface area contributed by atoms with Gasteiger partial charge in [0.1, 0.15) is 6.10 Å². The topological polar surface area (TPSA) is 46.5 Å². The summed E-state index contributed by atoms with van der Waals surface area (Å²) in [5.41, 5.74) is 0.378. The molecule has 3 unspecified atom stereocenters. The van der Waals surface area contributed by atoms with Crippen LogP contribution < -0.4 is 0 Å². The summed E-state index contributed by atoms with van der Waals surface area (Å²) in [5.74, 6) is 1.12. The fourth-order valence-electron chi connectivity index (χ4n) is 5.41. The lowest BCUT2D eigenvalue weighted by molar-refractivity contribution is -0.159. The van der Waals surface area contributed by atoms with E-state index in [4.69, 9.17) is 4.74 Å². The van der Waals surface area contributed by atoms with Crippen molar-refractivity contribution in [1.82, 2.24) is 0 Å². The van der Waals surface area contributed by atoms with Crippen LogP contribution in [-0.4, -0.2) is 23.3 Å². The Labute approximate surface area is 135 Å². The summed E-state index contributed by atoms with van der Waals surface area (Å²) in [5, 5.41) is 10.5. The number of aliphatic hydroxyl groups excluding tert-OH is 1. The van der Waals surface area contributed by atoms with E-state index in [0.717, 1.165) is 25.2 Å². The third-order valence-electron chi connectivity index (χ3n) is 6.62. The maximum absolute atomic E-state index is 11.2. The first-order chi connectivity index (χ1) is 10.5. The summed E-state index contributed by atoms with van der Waals surface area (Å²) in [6.07, 6.45) is 11.2. The van der Waals surface area contributed by atoms with Crippen LogP contribution in [0.2, 0.25) is 0 Å². The third kappa shape index (κ3) is 3.67. The lowest BCUT2D eigenvalue weighted by Crippen LogP contribution is -2.46. The Morgan fingerprint density at radius 2 is 1.68 bits per heavy atom. The van der Waals surface area contributed by atoms with Gasteiger partial charge in [-0.15, -0.1) is 0 Å². The van der Waals surface area contributed by atoms with Crippen molar-refractivity contribution in [2.24, 2.45) is 17.3 Å². The van der Waals surface area contributed by atoms with Crippen molar-refractivity contribution >= 4 is 5.97 Å². The molecule has 0 aromatic heterocycles. The van der Waals surface area contributed by atoms with Gasteiger partial charge in [-0.2, -0.15) is 0 Å². The van der Waals surface area contributed by atoms with Crippen LogP contribution in [-0.2, 0) is 9.53 Å². The first kappa shape index (κ1) is 17.8. The van der Waals surface area contributed by atoms with E-state index in [0.29, 0.717) is 11.3 Å². The molecule has 2 rings (SSSR count). The Balaban J connectivity index is 2.08. The summed E-state index contributed by atoms with van der Waals surface area (Å²) < 4.78 is 5.29. The van der Waals surface area contributed by atoms with Crippen molar-refractivity contribution in [3.05, 3.63) is 0 Å². The normalized spacial score (nSPS) is 31.0. The van der Waals surface area contributed by atoms with Crippen molar-refractivity contribution in [2.45, 2.75) is 97.2 Å². The maximum Gasteiger partial charge on any atom is 0.302 e. The highest BCUT2D eigenvalue weighted by molar-refractivity contribution is 5.66. The number of carbonyl (C=O) groups is 1. The molecule has 2 aliphatic carbocycles. The Morgan fingerprint density at radius 3 is 2.18 bits per heavy atom. The zero-order valence-corrected chi connectivity index (χ0v) is 14.6. The van der Waals surface area contributed by atoms with E-state index < -0.39 is 6.10 Å². The molecular weight excluding hydrogens is 276 g/mol. The highest BCUT2D eigenvalue weighted by Gasteiger charge is 2.46. The number of ether oxygens (including phenoxy) is 1. The van der Waals surface area contributed by atoms with E-state index >= 15 is 0 Å². The standard InChI is InChI=1S/C19H34O3/c1-4-19(5-2,15-9-7-6-8-10-15)16-11-12-18(17(21)13-16)22-14(3)20/h15-18,21H,4-13H2,1-3H3. The van der Waals surface area contributed by atoms with Gasteiger partial charge in [-0.1, -0.05) is 33.1 Å². The number of hydrogen-bond donors (Lipinski definition) is 1. The Hall–Kier alpha value is -0.570. The van der Waals surface area contributed by atoms with E-state index in [1.54, 1.807) is 0 Å². The Kier molecular flexibility index (Phi) is 6.31. The van der Waals surface area contributed by atoms with Crippen LogP contribution >= 0.6 is 0 Å². The van der Waals surface area contributed by atoms with E-state index in [-0.39, 0.29) is 12.1 Å². The first-order valence-electron chi connectivity index (χ1n) is 9.38. The number of hydrogen-bond acceptors (Lipinski definition) is 3. The second kappa shape index (κ2) is 7.81. The molecule has 0 spiro atoms. The Bertz CT molecular complexity index is 356. The van der Waals surface area contributed by atoms with Gasteiger partial charge in [0.15, 0.2) is 0 Å². The van der Waals surface area contributed by atoms with Gasteiger partial charge in [0, 0.05) is 6.92 Å². The monoisotopic (exact) mass is 310 g/mol. The maximum atomic E-state index is 11.2. The van der Waals surface area contributed by atoms with Crippen molar-refractivity contribution in [1.29, 1.82) is 0 Å². The molecule has 0 saturated heterocycles. The van der Waals surface area contributed by atoms with Crippen molar-refractivity contribution < 1.29 is 14.6 Å². The minimum atomic E-state index is -0.483. The third-order valence-corrected chi connectivity index (χ3v) is 6.62. The van der Waals surface area contributed by atoms with Gasteiger partial charge in [0.05, 0.1) is 6.10 Å². The molecule has 0 aromatic rings. The molecule has 128 valence electrons. The number of esters is 1.